The number of aryl methyl sites for hydroxylation is 1. The van der Waals surface area contributed by atoms with Gasteiger partial charge in [-0.1, -0.05) is 39.0 Å². The van der Waals surface area contributed by atoms with Crippen molar-refractivity contribution in [2.75, 3.05) is 0 Å². The fraction of sp³-hybridized carbons (Fsp3) is 0.692. The second kappa shape index (κ2) is 6.67. The zero-order valence-electron chi connectivity index (χ0n) is 9.96. The Morgan fingerprint density at radius 2 is 2.00 bits per heavy atom. The molecule has 0 aromatic carbocycles. The van der Waals surface area contributed by atoms with Crippen molar-refractivity contribution in [2.24, 2.45) is 5.73 Å². The molecule has 2 nitrogen and oxygen atoms in total. The predicted molar refractivity (Wildman–Crippen MR) is 63.7 cm³/mol. The number of nitrogens with two attached hydrogens (primary N) is 1. The average Bonchev–Trinajstić information content (AvgIpc) is 2.64. The summed E-state index contributed by atoms with van der Waals surface area (Å²) in [4.78, 5) is 0. The second-order valence-corrected chi connectivity index (χ2v) is 4.30. The molecule has 0 saturated carbocycles. The molecule has 0 amide bonds. The van der Waals surface area contributed by atoms with Gasteiger partial charge in [-0.3, -0.25) is 0 Å². The lowest BCUT2D eigenvalue weighted by Gasteiger charge is -2.08. The van der Waals surface area contributed by atoms with E-state index >= 15 is 0 Å². The Balaban J connectivity index is 2.16. The van der Waals surface area contributed by atoms with Crippen LogP contribution in [0.5, 0.6) is 0 Å². The Morgan fingerprint density at radius 3 is 2.60 bits per heavy atom. The van der Waals surface area contributed by atoms with Crippen molar-refractivity contribution in [3.63, 3.8) is 0 Å². The molecule has 1 aromatic heterocycles. The Labute approximate surface area is 92.9 Å². The third-order valence-corrected chi connectivity index (χ3v) is 2.80. The SMILES string of the molecule is CCCCCCCC(N)c1coc(C)c1. The van der Waals surface area contributed by atoms with Crippen LogP contribution in [-0.4, -0.2) is 0 Å². The lowest BCUT2D eigenvalue weighted by molar-refractivity contribution is 0.519. The third kappa shape index (κ3) is 4.52. The fourth-order valence-corrected chi connectivity index (χ4v) is 1.79. The van der Waals surface area contributed by atoms with E-state index in [2.05, 4.69) is 6.92 Å². The first-order chi connectivity index (χ1) is 7.24. The van der Waals surface area contributed by atoms with Crippen LogP contribution in [0.4, 0.5) is 0 Å². The van der Waals surface area contributed by atoms with Crippen LogP contribution < -0.4 is 5.73 Å². The Bertz CT molecular complexity index is 267. The van der Waals surface area contributed by atoms with Gasteiger partial charge >= 0.3 is 0 Å². The van der Waals surface area contributed by atoms with E-state index in [1.165, 1.54) is 32.1 Å². The van der Waals surface area contributed by atoms with E-state index in [1.54, 1.807) is 6.26 Å². The van der Waals surface area contributed by atoms with Crippen LogP contribution in [0.15, 0.2) is 16.7 Å². The molecule has 0 aliphatic carbocycles. The second-order valence-electron chi connectivity index (χ2n) is 4.30. The first-order valence-electron chi connectivity index (χ1n) is 6.04. The zero-order chi connectivity index (χ0) is 11.1. The summed E-state index contributed by atoms with van der Waals surface area (Å²) in [5.41, 5.74) is 7.20. The zero-order valence-corrected chi connectivity index (χ0v) is 9.96. The number of rotatable bonds is 7. The average molecular weight is 209 g/mol. The van der Waals surface area contributed by atoms with E-state index in [4.69, 9.17) is 10.2 Å². The Kier molecular flexibility index (Phi) is 5.48. The van der Waals surface area contributed by atoms with Gasteiger partial charge in [0.15, 0.2) is 0 Å². The molecule has 1 atom stereocenters. The van der Waals surface area contributed by atoms with Crippen LogP contribution in [0.1, 0.15) is 62.8 Å². The maximum atomic E-state index is 6.06. The van der Waals surface area contributed by atoms with Crippen LogP contribution in [0.25, 0.3) is 0 Å². The van der Waals surface area contributed by atoms with Gasteiger partial charge in [0.2, 0.25) is 0 Å². The molecule has 0 radical (unpaired) electrons. The highest BCUT2D eigenvalue weighted by Crippen LogP contribution is 2.19. The molecular weight excluding hydrogens is 186 g/mol. The van der Waals surface area contributed by atoms with Crippen molar-refractivity contribution in [2.45, 2.75) is 58.4 Å². The van der Waals surface area contributed by atoms with Crippen molar-refractivity contribution in [1.29, 1.82) is 0 Å². The molecule has 0 aliphatic rings. The Morgan fingerprint density at radius 1 is 1.27 bits per heavy atom. The van der Waals surface area contributed by atoms with Gasteiger partial charge in [0.05, 0.1) is 6.26 Å². The van der Waals surface area contributed by atoms with Gasteiger partial charge < -0.3 is 10.2 Å². The van der Waals surface area contributed by atoms with Gasteiger partial charge in [0.1, 0.15) is 5.76 Å². The Hall–Kier alpha value is -0.760. The van der Waals surface area contributed by atoms with E-state index in [9.17, 15) is 0 Å². The molecule has 1 rings (SSSR count). The lowest BCUT2D eigenvalue weighted by atomic mass is 10.0. The molecule has 0 bridgehead atoms. The van der Waals surface area contributed by atoms with Gasteiger partial charge in [-0.25, -0.2) is 0 Å². The molecule has 2 N–H and O–H groups in total. The van der Waals surface area contributed by atoms with Crippen molar-refractivity contribution in [1.82, 2.24) is 0 Å². The van der Waals surface area contributed by atoms with Gasteiger partial charge in [-0.15, -0.1) is 0 Å². The molecule has 0 aliphatic heterocycles. The van der Waals surface area contributed by atoms with Gasteiger partial charge in [0.25, 0.3) is 0 Å². The van der Waals surface area contributed by atoms with Crippen LogP contribution >= 0.6 is 0 Å². The molecule has 1 heterocycles. The summed E-state index contributed by atoms with van der Waals surface area (Å²) in [5, 5.41) is 0. The lowest BCUT2D eigenvalue weighted by Crippen LogP contribution is -2.08. The van der Waals surface area contributed by atoms with Crippen LogP contribution in [0.3, 0.4) is 0 Å². The topological polar surface area (TPSA) is 39.2 Å². The first-order valence-corrected chi connectivity index (χ1v) is 6.04. The summed E-state index contributed by atoms with van der Waals surface area (Å²) in [7, 11) is 0. The quantitative estimate of drug-likeness (QED) is 0.691. The van der Waals surface area contributed by atoms with Crippen LogP contribution in [0, 0.1) is 6.92 Å². The maximum Gasteiger partial charge on any atom is 0.101 e. The van der Waals surface area contributed by atoms with E-state index < -0.39 is 0 Å². The minimum absolute atomic E-state index is 0.157. The standard InChI is InChI=1S/C13H23NO/c1-3-4-5-6-7-8-13(14)12-9-11(2)15-10-12/h9-10,13H,3-8,14H2,1-2H3. The smallest absolute Gasteiger partial charge is 0.101 e. The van der Waals surface area contributed by atoms with Crippen molar-refractivity contribution < 1.29 is 4.42 Å². The molecule has 15 heavy (non-hydrogen) atoms. The molecular formula is C13H23NO. The number of furan rings is 1. The van der Waals surface area contributed by atoms with E-state index in [0.717, 1.165) is 17.7 Å². The highest BCUT2D eigenvalue weighted by atomic mass is 16.3. The normalized spacial score (nSPS) is 13.0. The van der Waals surface area contributed by atoms with Crippen molar-refractivity contribution in [3.05, 3.63) is 23.7 Å². The molecule has 0 saturated heterocycles. The van der Waals surface area contributed by atoms with Gasteiger partial charge in [-0.2, -0.15) is 0 Å². The summed E-state index contributed by atoms with van der Waals surface area (Å²) in [6.45, 7) is 4.19. The first kappa shape index (κ1) is 12.3. The van der Waals surface area contributed by atoms with Crippen LogP contribution in [-0.2, 0) is 0 Å². The summed E-state index contributed by atoms with van der Waals surface area (Å²) in [6, 6.07) is 2.19. The van der Waals surface area contributed by atoms with Crippen LogP contribution in [0.2, 0.25) is 0 Å². The van der Waals surface area contributed by atoms with Gasteiger partial charge in [-0.05, 0) is 19.4 Å². The maximum absolute atomic E-state index is 6.06. The van der Waals surface area contributed by atoms with Crippen molar-refractivity contribution in [3.8, 4) is 0 Å². The third-order valence-electron chi connectivity index (χ3n) is 2.80. The number of hydrogen-bond acceptors (Lipinski definition) is 2. The van der Waals surface area contributed by atoms with E-state index in [0.29, 0.717) is 0 Å². The number of hydrogen-bond donors (Lipinski definition) is 1. The largest absolute Gasteiger partial charge is 0.469 e. The molecule has 86 valence electrons. The predicted octanol–water partition coefficient (Wildman–Crippen LogP) is 3.95. The number of unbranched alkanes of at least 4 members (excludes halogenated alkanes) is 4. The summed E-state index contributed by atoms with van der Waals surface area (Å²) in [6.07, 6.45) is 9.37. The fourth-order valence-electron chi connectivity index (χ4n) is 1.79. The molecule has 0 fully saturated rings. The van der Waals surface area contributed by atoms with Gasteiger partial charge in [0, 0.05) is 11.6 Å². The highest BCUT2D eigenvalue weighted by molar-refractivity contribution is 5.15. The molecule has 0 spiro atoms. The molecule has 2 heteroatoms. The van der Waals surface area contributed by atoms with Crippen molar-refractivity contribution >= 4 is 0 Å². The monoisotopic (exact) mass is 209 g/mol. The highest BCUT2D eigenvalue weighted by Gasteiger charge is 2.07. The summed E-state index contributed by atoms with van der Waals surface area (Å²) in [5.74, 6) is 0.950. The molecule has 1 aromatic rings. The minimum Gasteiger partial charge on any atom is -0.469 e. The summed E-state index contributed by atoms with van der Waals surface area (Å²) < 4.78 is 5.25. The minimum atomic E-state index is 0.157. The van der Waals surface area contributed by atoms with E-state index in [-0.39, 0.29) is 6.04 Å². The van der Waals surface area contributed by atoms with E-state index in [1.807, 2.05) is 13.0 Å². The summed E-state index contributed by atoms with van der Waals surface area (Å²) >= 11 is 0. The molecule has 1 unspecified atom stereocenters.